The molecular weight excluding hydrogens is 316 g/mol. The van der Waals surface area contributed by atoms with Crippen LogP contribution in [0.1, 0.15) is 22.7 Å². The van der Waals surface area contributed by atoms with Crippen molar-refractivity contribution in [1.29, 1.82) is 0 Å². The van der Waals surface area contributed by atoms with Crippen molar-refractivity contribution < 1.29 is 4.74 Å². The summed E-state index contributed by atoms with van der Waals surface area (Å²) in [5, 5.41) is 0. The van der Waals surface area contributed by atoms with Crippen LogP contribution in [0, 0.1) is 6.92 Å². The first-order valence-electron chi connectivity index (χ1n) is 6.49. The van der Waals surface area contributed by atoms with Gasteiger partial charge in [0.05, 0.1) is 13.2 Å². The molecule has 0 heterocycles. The van der Waals surface area contributed by atoms with Crippen LogP contribution in [0.15, 0.2) is 46.9 Å². The Morgan fingerprint density at radius 1 is 1.25 bits per heavy atom. The molecule has 106 valence electrons. The van der Waals surface area contributed by atoms with Gasteiger partial charge in [0.25, 0.3) is 0 Å². The van der Waals surface area contributed by atoms with Crippen LogP contribution in [0.2, 0.25) is 0 Å². The molecule has 1 atom stereocenters. The molecule has 2 aromatic rings. The molecule has 3 N–H and O–H groups in total. The zero-order valence-corrected chi connectivity index (χ0v) is 13.3. The quantitative estimate of drug-likeness (QED) is 0.649. The highest BCUT2D eigenvalue weighted by molar-refractivity contribution is 9.10. The standard InChI is InChI=1S/C16H19BrN2O/c1-11-14(7-4-8-15(11)17)16(19-18)10-12-5-3-6-13(9-12)20-2/h3-9,16,19H,10,18H2,1-2H3. The van der Waals surface area contributed by atoms with Crippen molar-refractivity contribution in [3.8, 4) is 5.75 Å². The molecule has 0 aliphatic rings. The zero-order valence-electron chi connectivity index (χ0n) is 11.7. The molecular formula is C16H19BrN2O. The second kappa shape index (κ2) is 6.88. The summed E-state index contributed by atoms with van der Waals surface area (Å²) in [6.07, 6.45) is 0.811. The van der Waals surface area contributed by atoms with Gasteiger partial charge in [-0.15, -0.1) is 0 Å². The van der Waals surface area contributed by atoms with Crippen molar-refractivity contribution >= 4 is 15.9 Å². The highest BCUT2D eigenvalue weighted by Crippen LogP contribution is 2.27. The van der Waals surface area contributed by atoms with Gasteiger partial charge >= 0.3 is 0 Å². The number of hydrogen-bond acceptors (Lipinski definition) is 3. The lowest BCUT2D eigenvalue weighted by molar-refractivity contribution is 0.414. The molecule has 2 rings (SSSR count). The van der Waals surface area contributed by atoms with Crippen LogP contribution in [-0.4, -0.2) is 7.11 Å². The predicted octanol–water partition coefficient (Wildman–Crippen LogP) is 3.51. The molecule has 0 aromatic heterocycles. The Labute approximate surface area is 128 Å². The van der Waals surface area contributed by atoms with E-state index in [-0.39, 0.29) is 6.04 Å². The second-order valence-electron chi connectivity index (χ2n) is 4.73. The van der Waals surface area contributed by atoms with E-state index in [4.69, 9.17) is 10.6 Å². The fourth-order valence-electron chi connectivity index (χ4n) is 2.30. The average Bonchev–Trinajstić information content (AvgIpc) is 2.48. The lowest BCUT2D eigenvalue weighted by Crippen LogP contribution is -2.30. The third kappa shape index (κ3) is 3.39. The molecule has 0 radical (unpaired) electrons. The Morgan fingerprint density at radius 2 is 2.00 bits per heavy atom. The van der Waals surface area contributed by atoms with E-state index < -0.39 is 0 Å². The van der Waals surface area contributed by atoms with Crippen molar-refractivity contribution in [2.45, 2.75) is 19.4 Å². The van der Waals surface area contributed by atoms with Crippen LogP contribution < -0.4 is 16.0 Å². The molecule has 0 fully saturated rings. The molecule has 0 aliphatic heterocycles. The number of nitrogens with two attached hydrogens (primary N) is 1. The van der Waals surface area contributed by atoms with Crippen molar-refractivity contribution in [3.05, 3.63) is 63.6 Å². The lowest BCUT2D eigenvalue weighted by Gasteiger charge is -2.19. The zero-order chi connectivity index (χ0) is 14.5. The first-order valence-corrected chi connectivity index (χ1v) is 7.29. The fraction of sp³-hybridized carbons (Fsp3) is 0.250. The van der Waals surface area contributed by atoms with Gasteiger partial charge in [0, 0.05) is 4.47 Å². The lowest BCUT2D eigenvalue weighted by atomic mass is 9.96. The van der Waals surface area contributed by atoms with Gasteiger partial charge in [-0.25, -0.2) is 0 Å². The summed E-state index contributed by atoms with van der Waals surface area (Å²) in [4.78, 5) is 0. The molecule has 0 saturated carbocycles. The van der Waals surface area contributed by atoms with Gasteiger partial charge in [-0.3, -0.25) is 11.3 Å². The summed E-state index contributed by atoms with van der Waals surface area (Å²) in [6, 6.07) is 14.3. The van der Waals surface area contributed by atoms with E-state index in [2.05, 4.69) is 40.4 Å². The molecule has 3 nitrogen and oxygen atoms in total. The van der Waals surface area contributed by atoms with Crippen LogP contribution in [0.3, 0.4) is 0 Å². The van der Waals surface area contributed by atoms with Gasteiger partial charge in [-0.05, 0) is 48.2 Å². The normalized spacial score (nSPS) is 12.2. The largest absolute Gasteiger partial charge is 0.497 e. The van der Waals surface area contributed by atoms with E-state index in [0.29, 0.717) is 0 Å². The fourth-order valence-corrected chi connectivity index (χ4v) is 2.68. The molecule has 0 spiro atoms. The minimum atomic E-state index is 0.0691. The summed E-state index contributed by atoms with van der Waals surface area (Å²) in [6.45, 7) is 2.09. The molecule has 0 amide bonds. The molecule has 20 heavy (non-hydrogen) atoms. The van der Waals surface area contributed by atoms with Crippen molar-refractivity contribution in [3.63, 3.8) is 0 Å². The molecule has 2 aromatic carbocycles. The summed E-state index contributed by atoms with van der Waals surface area (Å²) >= 11 is 3.56. The molecule has 4 heteroatoms. The molecule has 0 aliphatic carbocycles. The average molecular weight is 335 g/mol. The van der Waals surface area contributed by atoms with Crippen LogP contribution >= 0.6 is 15.9 Å². The number of halogens is 1. The summed E-state index contributed by atoms with van der Waals surface area (Å²) < 4.78 is 6.36. The molecule has 0 bridgehead atoms. The predicted molar refractivity (Wildman–Crippen MR) is 85.6 cm³/mol. The van der Waals surface area contributed by atoms with Crippen LogP contribution in [0.4, 0.5) is 0 Å². The smallest absolute Gasteiger partial charge is 0.119 e. The number of hydrazine groups is 1. The third-order valence-electron chi connectivity index (χ3n) is 3.46. The molecule has 0 saturated heterocycles. The Kier molecular flexibility index (Phi) is 5.17. The van der Waals surface area contributed by atoms with Crippen LogP contribution in [0.25, 0.3) is 0 Å². The van der Waals surface area contributed by atoms with Gasteiger partial charge in [0.2, 0.25) is 0 Å². The summed E-state index contributed by atoms with van der Waals surface area (Å²) in [5.41, 5.74) is 6.50. The van der Waals surface area contributed by atoms with E-state index in [1.54, 1.807) is 7.11 Å². The SMILES string of the molecule is COc1cccc(CC(NN)c2cccc(Br)c2C)c1. The maximum atomic E-state index is 5.75. The van der Waals surface area contributed by atoms with E-state index in [1.165, 1.54) is 16.7 Å². The second-order valence-corrected chi connectivity index (χ2v) is 5.58. The Morgan fingerprint density at radius 3 is 2.70 bits per heavy atom. The first-order chi connectivity index (χ1) is 9.65. The van der Waals surface area contributed by atoms with Crippen molar-refractivity contribution in [2.24, 2.45) is 5.84 Å². The van der Waals surface area contributed by atoms with Gasteiger partial charge in [0.1, 0.15) is 5.75 Å². The Balaban J connectivity index is 2.26. The monoisotopic (exact) mass is 334 g/mol. The molecule has 1 unspecified atom stereocenters. The van der Waals surface area contributed by atoms with E-state index in [0.717, 1.165) is 16.6 Å². The van der Waals surface area contributed by atoms with Gasteiger partial charge in [-0.1, -0.05) is 40.2 Å². The summed E-state index contributed by atoms with van der Waals surface area (Å²) in [7, 11) is 1.68. The van der Waals surface area contributed by atoms with Gasteiger partial charge in [0.15, 0.2) is 0 Å². The van der Waals surface area contributed by atoms with Crippen molar-refractivity contribution in [2.75, 3.05) is 7.11 Å². The number of nitrogens with one attached hydrogen (secondary N) is 1. The maximum Gasteiger partial charge on any atom is 0.119 e. The number of benzene rings is 2. The number of ether oxygens (including phenoxy) is 1. The Hall–Kier alpha value is -1.36. The number of methoxy groups -OCH3 is 1. The van der Waals surface area contributed by atoms with E-state index in [9.17, 15) is 0 Å². The van der Waals surface area contributed by atoms with Crippen molar-refractivity contribution in [1.82, 2.24) is 5.43 Å². The third-order valence-corrected chi connectivity index (χ3v) is 4.32. The minimum Gasteiger partial charge on any atom is -0.497 e. The number of hydrogen-bond donors (Lipinski definition) is 2. The Bertz CT molecular complexity index is 586. The maximum absolute atomic E-state index is 5.75. The van der Waals surface area contributed by atoms with Gasteiger partial charge in [-0.2, -0.15) is 0 Å². The minimum absolute atomic E-state index is 0.0691. The van der Waals surface area contributed by atoms with E-state index in [1.807, 2.05) is 30.3 Å². The van der Waals surface area contributed by atoms with Crippen LogP contribution in [-0.2, 0) is 6.42 Å². The van der Waals surface area contributed by atoms with E-state index >= 15 is 0 Å². The topological polar surface area (TPSA) is 47.3 Å². The first kappa shape index (κ1) is 15.0. The summed E-state index contributed by atoms with van der Waals surface area (Å²) in [5.74, 6) is 6.61. The van der Waals surface area contributed by atoms with Crippen LogP contribution in [0.5, 0.6) is 5.75 Å². The highest BCUT2D eigenvalue weighted by atomic mass is 79.9. The van der Waals surface area contributed by atoms with Gasteiger partial charge < -0.3 is 4.74 Å². The highest BCUT2D eigenvalue weighted by Gasteiger charge is 2.14. The number of rotatable bonds is 5.